The van der Waals surface area contributed by atoms with Gasteiger partial charge in [0.1, 0.15) is 0 Å². The third-order valence-electron chi connectivity index (χ3n) is 2.46. The number of hydrogen-bond acceptors (Lipinski definition) is 3. The summed E-state index contributed by atoms with van der Waals surface area (Å²) in [7, 11) is 1.64. The number of benzene rings is 1. The number of hydrogen-bond donors (Lipinski definition) is 1. The van der Waals surface area contributed by atoms with Crippen molar-refractivity contribution in [3.05, 3.63) is 40.5 Å². The third kappa shape index (κ3) is 2.50. The van der Waals surface area contributed by atoms with E-state index < -0.39 is 0 Å². The molecule has 0 aliphatic heterocycles. The molecule has 0 aliphatic carbocycles. The molecule has 2 rings (SSSR count). The summed E-state index contributed by atoms with van der Waals surface area (Å²) >= 11 is 3.44. The summed E-state index contributed by atoms with van der Waals surface area (Å²) in [5.74, 6) is 0.744. The van der Waals surface area contributed by atoms with E-state index in [0.29, 0.717) is 6.54 Å². The van der Waals surface area contributed by atoms with Crippen LogP contribution in [0.3, 0.4) is 0 Å². The minimum Gasteiger partial charge on any atom is -0.481 e. The van der Waals surface area contributed by atoms with E-state index in [9.17, 15) is 0 Å². The fraction of sp³-hybridized carbons (Fsp3) is 0.250. The number of ether oxygens (including phenoxy) is 1. The Bertz CT molecular complexity index is 510. The number of halogens is 1. The molecule has 0 saturated heterocycles. The Kier molecular flexibility index (Phi) is 3.81. The zero-order valence-electron chi connectivity index (χ0n) is 9.56. The van der Waals surface area contributed by atoms with Gasteiger partial charge in [0, 0.05) is 10.0 Å². The van der Waals surface area contributed by atoms with Crippen LogP contribution in [0.25, 0.3) is 5.69 Å². The van der Waals surface area contributed by atoms with Gasteiger partial charge in [-0.05, 0) is 31.2 Å². The number of rotatable bonds is 4. The van der Waals surface area contributed by atoms with Crippen molar-refractivity contribution in [2.75, 3.05) is 13.7 Å². The highest BCUT2D eigenvalue weighted by molar-refractivity contribution is 9.10. The van der Waals surface area contributed by atoms with E-state index in [0.717, 1.165) is 28.0 Å². The van der Waals surface area contributed by atoms with Crippen molar-refractivity contribution in [3.63, 3.8) is 0 Å². The van der Waals surface area contributed by atoms with E-state index in [1.165, 1.54) is 0 Å². The van der Waals surface area contributed by atoms with Crippen LogP contribution in [0, 0.1) is 0 Å². The molecule has 1 heterocycles. The van der Waals surface area contributed by atoms with E-state index in [-0.39, 0.29) is 0 Å². The molecule has 0 unspecified atom stereocenters. The van der Waals surface area contributed by atoms with E-state index in [1.54, 1.807) is 18.0 Å². The zero-order chi connectivity index (χ0) is 12.3. The molecular formula is C12H14BrN3O. The Morgan fingerprint density at radius 1 is 1.47 bits per heavy atom. The van der Waals surface area contributed by atoms with Crippen LogP contribution in [0.5, 0.6) is 5.88 Å². The van der Waals surface area contributed by atoms with E-state index in [2.05, 4.69) is 21.0 Å². The lowest BCUT2D eigenvalue weighted by Crippen LogP contribution is -2.05. The molecule has 2 N–H and O–H groups in total. The van der Waals surface area contributed by atoms with Crippen LogP contribution in [0.1, 0.15) is 5.56 Å². The van der Waals surface area contributed by atoms with Crippen LogP contribution >= 0.6 is 15.9 Å². The van der Waals surface area contributed by atoms with E-state index >= 15 is 0 Å². The maximum atomic E-state index is 5.56. The highest BCUT2D eigenvalue weighted by Gasteiger charge is 2.12. The lowest BCUT2D eigenvalue weighted by Gasteiger charge is -2.08. The molecule has 0 radical (unpaired) electrons. The molecule has 1 aromatic heterocycles. The van der Waals surface area contributed by atoms with Crippen molar-refractivity contribution in [1.82, 2.24) is 9.78 Å². The molecule has 5 heteroatoms. The van der Waals surface area contributed by atoms with E-state index in [4.69, 9.17) is 10.5 Å². The van der Waals surface area contributed by atoms with Crippen LogP contribution in [0.4, 0.5) is 0 Å². The molecule has 0 atom stereocenters. The van der Waals surface area contributed by atoms with Crippen molar-refractivity contribution in [2.45, 2.75) is 6.42 Å². The smallest absolute Gasteiger partial charge is 0.219 e. The lowest BCUT2D eigenvalue weighted by molar-refractivity contribution is 0.379. The Morgan fingerprint density at radius 2 is 2.29 bits per heavy atom. The van der Waals surface area contributed by atoms with Gasteiger partial charge in [-0.25, -0.2) is 4.68 Å². The first kappa shape index (κ1) is 12.1. The Labute approximate surface area is 109 Å². The second kappa shape index (κ2) is 5.33. The van der Waals surface area contributed by atoms with Gasteiger partial charge in [-0.1, -0.05) is 22.0 Å². The predicted octanol–water partition coefficient (Wildman–Crippen LogP) is 2.14. The molecular weight excluding hydrogens is 282 g/mol. The van der Waals surface area contributed by atoms with Crippen molar-refractivity contribution in [2.24, 2.45) is 5.73 Å². The summed E-state index contributed by atoms with van der Waals surface area (Å²) < 4.78 is 8.17. The van der Waals surface area contributed by atoms with Gasteiger partial charge in [0.25, 0.3) is 0 Å². The van der Waals surface area contributed by atoms with Crippen LogP contribution < -0.4 is 10.5 Å². The van der Waals surface area contributed by atoms with Gasteiger partial charge in [-0.15, -0.1) is 0 Å². The first-order valence-corrected chi connectivity index (χ1v) is 6.12. The molecule has 90 valence electrons. The second-order valence-corrected chi connectivity index (χ2v) is 4.53. The maximum Gasteiger partial charge on any atom is 0.219 e. The minimum absolute atomic E-state index is 0.584. The molecule has 4 nitrogen and oxygen atoms in total. The van der Waals surface area contributed by atoms with Gasteiger partial charge in [0.15, 0.2) is 0 Å². The Hall–Kier alpha value is -1.33. The van der Waals surface area contributed by atoms with E-state index in [1.807, 2.05) is 24.3 Å². The van der Waals surface area contributed by atoms with Gasteiger partial charge in [-0.3, -0.25) is 0 Å². The lowest BCUT2D eigenvalue weighted by atomic mass is 10.2. The molecule has 0 saturated carbocycles. The second-order valence-electron chi connectivity index (χ2n) is 3.61. The van der Waals surface area contributed by atoms with Crippen molar-refractivity contribution >= 4 is 15.9 Å². The van der Waals surface area contributed by atoms with Crippen LogP contribution in [-0.2, 0) is 6.42 Å². The zero-order valence-corrected chi connectivity index (χ0v) is 11.1. The summed E-state index contributed by atoms with van der Waals surface area (Å²) in [5.41, 5.74) is 7.54. The largest absolute Gasteiger partial charge is 0.481 e. The Balaban J connectivity index is 2.45. The summed E-state index contributed by atoms with van der Waals surface area (Å²) in [5, 5.41) is 4.33. The topological polar surface area (TPSA) is 53.1 Å². The van der Waals surface area contributed by atoms with Gasteiger partial charge < -0.3 is 10.5 Å². The number of nitrogens with zero attached hydrogens (tertiary/aromatic N) is 2. The van der Waals surface area contributed by atoms with Gasteiger partial charge >= 0.3 is 0 Å². The fourth-order valence-electron chi connectivity index (χ4n) is 1.71. The van der Waals surface area contributed by atoms with Crippen molar-refractivity contribution < 1.29 is 4.74 Å². The number of aromatic nitrogens is 2. The Morgan fingerprint density at radius 3 is 2.94 bits per heavy atom. The predicted molar refractivity (Wildman–Crippen MR) is 70.6 cm³/mol. The molecule has 0 bridgehead atoms. The summed E-state index contributed by atoms with van der Waals surface area (Å²) in [6.07, 6.45) is 2.56. The SMILES string of the molecule is COc1c(CCN)cnn1-c1cccc(Br)c1. The van der Waals surface area contributed by atoms with Crippen LogP contribution in [0.15, 0.2) is 34.9 Å². The fourth-order valence-corrected chi connectivity index (χ4v) is 2.09. The minimum atomic E-state index is 0.584. The first-order chi connectivity index (χ1) is 8.26. The first-order valence-electron chi connectivity index (χ1n) is 5.33. The molecule has 2 aromatic rings. The van der Waals surface area contributed by atoms with Crippen molar-refractivity contribution in [3.8, 4) is 11.6 Å². The maximum absolute atomic E-state index is 5.56. The van der Waals surface area contributed by atoms with Crippen LogP contribution in [0.2, 0.25) is 0 Å². The molecule has 0 spiro atoms. The molecule has 17 heavy (non-hydrogen) atoms. The summed E-state index contributed by atoms with van der Waals surface area (Å²) in [6.45, 7) is 0.584. The molecule has 0 amide bonds. The molecule has 1 aromatic carbocycles. The molecule has 0 fully saturated rings. The standard InChI is InChI=1S/C12H14BrN3O/c1-17-12-9(5-6-14)8-15-16(12)11-4-2-3-10(13)7-11/h2-4,7-8H,5-6,14H2,1H3. The number of methoxy groups -OCH3 is 1. The van der Waals surface area contributed by atoms with Gasteiger partial charge in [-0.2, -0.15) is 5.10 Å². The monoisotopic (exact) mass is 295 g/mol. The third-order valence-corrected chi connectivity index (χ3v) is 2.95. The average Bonchev–Trinajstić information content (AvgIpc) is 2.72. The normalized spacial score (nSPS) is 10.5. The highest BCUT2D eigenvalue weighted by atomic mass is 79.9. The molecule has 0 aliphatic rings. The number of nitrogens with two attached hydrogens (primary N) is 1. The average molecular weight is 296 g/mol. The summed E-state index contributed by atoms with van der Waals surface area (Å²) in [4.78, 5) is 0. The summed E-state index contributed by atoms with van der Waals surface area (Å²) in [6, 6.07) is 7.90. The van der Waals surface area contributed by atoms with Crippen molar-refractivity contribution in [1.29, 1.82) is 0 Å². The quantitative estimate of drug-likeness (QED) is 0.940. The highest BCUT2D eigenvalue weighted by Crippen LogP contribution is 2.24. The van der Waals surface area contributed by atoms with Gasteiger partial charge in [0.2, 0.25) is 5.88 Å². The van der Waals surface area contributed by atoms with Crippen LogP contribution in [-0.4, -0.2) is 23.4 Å². The van der Waals surface area contributed by atoms with Gasteiger partial charge in [0.05, 0.1) is 19.0 Å².